The van der Waals surface area contributed by atoms with Crippen LogP contribution in [0.5, 0.6) is 0 Å². The molecule has 0 aromatic heterocycles. The molecule has 2 rings (SSSR count). The highest BCUT2D eigenvalue weighted by Crippen LogP contribution is 2.30. The molecule has 0 spiro atoms. The highest BCUT2D eigenvalue weighted by atomic mass is 28.5. The summed E-state index contributed by atoms with van der Waals surface area (Å²) in [7, 11) is -8.93. The standard InChI is InChI=1S/C9H24O4Si4.C4H2O3/c1-9-17(8)12-15(4,5)10-14(2,3)11-16(6,7)13-17;5-3-1-2-4(6)7-3/h9H,1H2,2-8H3;1-2H. The zero-order chi connectivity index (χ0) is 18.8. The van der Waals surface area contributed by atoms with Crippen LogP contribution in [0.25, 0.3) is 0 Å². The molecule has 0 N–H and O–H groups in total. The first-order valence-electron chi connectivity index (χ1n) is 7.56. The second kappa shape index (κ2) is 7.29. The van der Waals surface area contributed by atoms with E-state index < -0.39 is 46.2 Å². The summed E-state index contributed by atoms with van der Waals surface area (Å²) in [5, 5.41) is 0. The van der Waals surface area contributed by atoms with Gasteiger partial charge in [-0.3, -0.25) is 0 Å². The second-order valence-corrected chi connectivity index (χ2v) is 21.0. The summed E-state index contributed by atoms with van der Waals surface area (Å²) in [5.41, 5.74) is 1.82. The Bertz CT molecular complexity index is 519. The molecule has 1 saturated heterocycles. The van der Waals surface area contributed by atoms with Crippen molar-refractivity contribution < 1.29 is 30.8 Å². The number of ether oxygens (including phenoxy) is 1. The highest BCUT2D eigenvalue weighted by Gasteiger charge is 2.51. The van der Waals surface area contributed by atoms with E-state index in [-0.39, 0.29) is 0 Å². The van der Waals surface area contributed by atoms with Gasteiger partial charge >= 0.3 is 46.2 Å². The first kappa shape index (κ1) is 21.4. The molecule has 7 nitrogen and oxygen atoms in total. The third-order valence-corrected chi connectivity index (χ3v) is 18.6. The highest BCUT2D eigenvalue weighted by molar-refractivity contribution is 6.94. The van der Waals surface area contributed by atoms with Gasteiger partial charge in [0.2, 0.25) is 0 Å². The number of hydrogen-bond donors (Lipinski definition) is 0. The van der Waals surface area contributed by atoms with Gasteiger partial charge < -0.3 is 21.2 Å². The van der Waals surface area contributed by atoms with Crippen molar-refractivity contribution in [3.05, 3.63) is 24.4 Å². The first-order chi connectivity index (χ1) is 10.7. The van der Waals surface area contributed by atoms with Crippen LogP contribution in [0.1, 0.15) is 0 Å². The first-order valence-corrected chi connectivity index (χ1v) is 18.4. The quantitative estimate of drug-likeness (QED) is 0.376. The van der Waals surface area contributed by atoms with Gasteiger partial charge in [-0.2, -0.15) is 0 Å². The van der Waals surface area contributed by atoms with Crippen LogP contribution in [0.3, 0.4) is 0 Å². The average Bonchev–Trinajstić information content (AvgIpc) is 2.67. The molecular formula is C13H26O7Si4. The smallest absolute Gasteiger partial charge is 0.343 e. The molecule has 0 bridgehead atoms. The van der Waals surface area contributed by atoms with Crippen LogP contribution < -0.4 is 0 Å². The lowest BCUT2D eigenvalue weighted by Crippen LogP contribution is -2.64. The van der Waals surface area contributed by atoms with Crippen LogP contribution in [0.15, 0.2) is 24.4 Å². The minimum absolute atomic E-state index is 0.579. The lowest BCUT2D eigenvalue weighted by atomic mass is 10.6. The third kappa shape index (κ3) is 7.06. The summed E-state index contributed by atoms with van der Waals surface area (Å²) < 4.78 is 28.7. The van der Waals surface area contributed by atoms with Crippen LogP contribution in [0, 0.1) is 0 Å². The zero-order valence-electron chi connectivity index (χ0n) is 15.3. The van der Waals surface area contributed by atoms with Gasteiger partial charge in [0, 0.05) is 12.2 Å². The van der Waals surface area contributed by atoms with Crippen molar-refractivity contribution in [1.29, 1.82) is 0 Å². The summed E-state index contributed by atoms with van der Waals surface area (Å²) in [5.74, 6) is -1.16. The molecule has 0 saturated carbocycles. The zero-order valence-corrected chi connectivity index (χ0v) is 19.3. The number of cyclic esters (lactones) is 2. The Kier molecular flexibility index (Phi) is 6.49. The molecule has 2 aliphatic heterocycles. The van der Waals surface area contributed by atoms with E-state index in [0.717, 1.165) is 12.2 Å². The number of esters is 2. The molecule has 1 fully saturated rings. The second-order valence-electron chi connectivity index (χ2n) is 6.90. The number of carbonyl (C=O) groups excluding carboxylic acids is 2. The number of rotatable bonds is 1. The van der Waals surface area contributed by atoms with Crippen molar-refractivity contribution in [2.24, 2.45) is 0 Å². The third-order valence-electron chi connectivity index (χ3n) is 2.81. The Labute approximate surface area is 147 Å². The Morgan fingerprint density at radius 1 is 0.750 bits per heavy atom. The molecular weight excluding hydrogens is 380 g/mol. The largest absolute Gasteiger partial charge is 0.416 e. The van der Waals surface area contributed by atoms with E-state index in [1.807, 2.05) is 38.4 Å². The van der Waals surface area contributed by atoms with Gasteiger partial charge in [0.1, 0.15) is 0 Å². The van der Waals surface area contributed by atoms with Crippen LogP contribution in [0.4, 0.5) is 0 Å². The minimum Gasteiger partial charge on any atom is -0.416 e. The van der Waals surface area contributed by atoms with Crippen molar-refractivity contribution >= 4 is 46.2 Å². The predicted octanol–water partition coefficient (Wildman–Crippen LogP) is 2.60. The van der Waals surface area contributed by atoms with Crippen molar-refractivity contribution in [1.82, 2.24) is 0 Å². The fraction of sp³-hybridized carbons (Fsp3) is 0.538. The monoisotopic (exact) mass is 406 g/mol. The maximum absolute atomic E-state index is 9.92. The van der Waals surface area contributed by atoms with Crippen molar-refractivity contribution in [2.45, 2.75) is 45.8 Å². The van der Waals surface area contributed by atoms with E-state index in [0.29, 0.717) is 0 Å². The Balaban J connectivity index is 0.000000341. The SMILES string of the molecule is C=C[Si]1(C)O[Si](C)(C)O[Si](C)(C)O[Si](C)(C)O1.O=C1C=CC(=O)O1. The predicted molar refractivity (Wildman–Crippen MR) is 98.8 cm³/mol. The molecule has 0 aromatic rings. The Morgan fingerprint density at radius 3 is 1.33 bits per heavy atom. The molecule has 0 unspecified atom stereocenters. The van der Waals surface area contributed by atoms with Gasteiger partial charge in [-0.15, -0.1) is 6.58 Å². The maximum atomic E-state index is 9.92. The summed E-state index contributed by atoms with van der Waals surface area (Å²) in [6, 6.07) is 0. The fourth-order valence-corrected chi connectivity index (χ4v) is 22.7. The molecule has 0 aliphatic carbocycles. The van der Waals surface area contributed by atoms with E-state index >= 15 is 0 Å². The van der Waals surface area contributed by atoms with Crippen LogP contribution >= 0.6 is 0 Å². The van der Waals surface area contributed by atoms with E-state index in [1.54, 1.807) is 0 Å². The van der Waals surface area contributed by atoms with E-state index in [2.05, 4.69) is 24.4 Å². The minimum atomic E-state index is -2.37. The molecule has 11 heteroatoms. The normalized spacial score (nSPS) is 26.5. The van der Waals surface area contributed by atoms with E-state index in [9.17, 15) is 9.59 Å². The molecule has 0 amide bonds. The summed E-state index contributed by atoms with van der Waals surface area (Å²) in [4.78, 5) is 19.8. The molecule has 0 radical (unpaired) electrons. The van der Waals surface area contributed by atoms with Crippen molar-refractivity contribution in [2.75, 3.05) is 0 Å². The lowest BCUT2D eigenvalue weighted by molar-refractivity contribution is -0.150. The van der Waals surface area contributed by atoms with Gasteiger partial charge in [0.25, 0.3) is 0 Å². The number of carbonyl (C=O) groups is 2. The Morgan fingerprint density at radius 2 is 1.08 bits per heavy atom. The van der Waals surface area contributed by atoms with Gasteiger partial charge in [-0.25, -0.2) is 9.59 Å². The summed E-state index contributed by atoms with van der Waals surface area (Å²) in [6.07, 6.45) is 2.17. The molecule has 2 heterocycles. The fourth-order valence-electron chi connectivity index (χ4n) is 2.63. The maximum Gasteiger partial charge on any atom is 0.343 e. The van der Waals surface area contributed by atoms with Crippen LogP contribution in [-0.2, 0) is 30.8 Å². The van der Waals surface area contributed by atoms with Gasteiger partial charge in [-0.05, 0) is 45.8 Å². The average molecular weight is 407 g/mol. The molecule has 0 aromatic carbocycles. The molecule has 0 atom stereocenters. The topological polar surface area (TPSA) is 80.3 Å². The van der Waals surface area contributed by atoms with E-state index in [4.69, 9.17) is 16.5 Å². The molecule has 2 aliphatic rings. The lowest BCUT2D eigenvalue weighted by Gasteiger charge is -2.46. The van der Waals surface area contributed by atoms with Crippen LogP contribution in [-0.4, -0.2) is 46.2 Å². The van der Waals surface area contributed by atoms with Crippen LogP contribution in [0.2, 0.25) is 45.8 Å². The molecule has 136 valence electrons. The summed E-state index contributed by atoms with van der Waals surface area (Å²) in [6.45, 7) is 18.2. The molecule has 24 heavy (non-hydrogen) atoms. The van der Waals surface area contributed by atoms with E-state index in [1.165, 1.54) is 0 Å². The summed E-state index contributed by atoms with van der Waals surface area (Å²) >= 11 is 0. The van der Waals surface area contributed by atoms with Gasteiger partial charge in [0.05, 0.1) is 0 Å². The number of hydrogen-bond acceptors (Lipinski definition) is 7. The van der Waals surface area contributed by atoms with Gasteiger partial charge in [0.15, 0.2) is 0 Å². The van der Waals surface area contributed by atoms with Crippen molar-refractivity contribution in [3.8, 4) is 0 Å². The van der Waals surface area contributed by atoms with Crippen molar-refractivity contribution in [3.63, 3.8) is 0 Å². The van der Waals surface area contributed by atoms with Gasteiger partial charge in [-0.1, -0.05) is 5.70 Å². The Hall–Kier alpha value is -0.672.